The summed E-state index contributed by atoms with van der Waals surface area (Å²) in [6.07, 6.45) is 1.84. The third kappa shape index (κ3) is 1.99. The van der Waals surface area contributed by atoms with E-state index in [1.165, 1.54) is 0 Å². The fourth-order valence-electron chi connectivity index (χ4n) is 1.83. The van der Waals surface area contributed by atoms with E-state index in [1.54, 1.807) is 6.07 Å². The maximum absolute atomic E-state index is 11.6. The van der Waals surface area contributed by atoms with E-state index in [0.717, 1.165) is 17.4 Å². The predicted octanol–water partition coefficient (Wildman–Crippen LogP) is 1.60. The van der Waals surface area contributed by atoms with Crippen molar-refractivity contribution in [3.8, 4) is 0 Å². The van der Waals surface area contributed by atoms with Crippen LogP contribution in [0.25, 0.3) is 10.9 Å². The second kappa shape index (κ2) is 4.49. The standard InChI is InChI=1S/C13H16N2O/c1-10(8-14)9-15-7-6-13(16)11-4-2-3-5-12(11)15/h2-7,10H,8-9,14H2,1H3. The molecule has 0 radical (unpaired) electrons. The number of fused-ring (bicyclic) bond motifs is 1. The average molecular weight is 216 g/mol. The number of para-hydroxylation sites is 1. The molecule has 0 amide bonds. The van der Waals surface area contributed by atoms with Gasteiger partial charge in [-0.3, -0.25) is 4.79 Å². The monoisotopic (exact) mass is 216 g/mol. The topological polar surface area (TPSA) is 48.0 Å². The fourth-order valence-corrected chi connectivity index (χ4v) is 1.83. The lowest BCUT2D eigenvalue weighted by Gasteiger charge is -2.14. The first-order valence-corrected chi connectivity index (χ1v) is 5.50. The van der Waals surface area contributed by atoms with Crippen LogP contribution >= 0.6 is 0 Å². The highest BCUT2D eigenvalue weighted by Gasteiger charge is 2.04. The number of nitrogens with two attached hydrogens (primary N) is 1. The third-order valence-electron chi connectivity index (χ3n) is 2.80. The van der Waals surface area contributed by atoms with Gasteiger partial charge in [0.15, 0.2) is 5.43 Å². The van der Waals surface area contributed by atoms with Crippen molar-refractivity contribution in [1.29, 1.82) is 0 Å². The highest BCUT2D eigenvalue weighted by atomic mass is 16.1. The minimum Gasteiger partial charge on any atom is -0.347 e. The Morgan fingerprint density at radius 2 is 2.06 bits per heavy atom. The second-order valence-electron chi connectivity index (χ2n) is 4.19. The molecule has 0 bridgehead atoms. The molecule has 1 aromatic heterocycles. The summed E-state index contributed by atoms with van der Waals surface area (Å²) >= 11 is 0. The Hall–Kier alpha value is -1.61. The van der Waals surface area contributed by atoms with Crippen molar-refractivity contribution < 1.29 is 0 Å². The molecule has 0 fully saturated rings. The van der Waals surface area contributed by atoms with Gasteiger partial charge in [-0.1, -0.05) is 19.1 Å². The Morgan fingerprint density at radius 1 is 1.31 bits per heavy atom. The predicted molar refractivity (Wildman–Crippen MR) is 66.4 cm³/mol. The summed E-state index contributed by atoms with van der Waals surface area (Å²) < 4.78 is 2.09. The number of hydrogen-bond acceptors (Lipinski definition) is 2. The Morgan fingerprint density at radius 3 is 2.81 bits per heavy atom. The van der Waals surface area contributed by atoms with Crippen molar-refractivity contribution in [2.75, 3.05) is 6.54 Å². The molecule has 1 unspecified atom stereocenters. The molecule has 0 aliphatic carbocycles. The maximum atomic E-state index is 11.6. The van der Waals surface area contributed by atoms with E-state index in [0.29, 0.717) is 12.5 Å². The fraction of sp³-hybridized carbons (Fsp3) is 0.308. The van der Waals surface area contributed by atoms with Gasteiger partial charge in [0.05, 0.1) is 5.52 Å². The van der Waals surface area contributed by atoms with E-state index in [9.17, 15) is 4.79 Å². The molecule has 16 heavy (non-hydrogen) atoms. The average Bonchev–Trinajstić information content (AvgIpc) is 2.33. The van der Waals surface area contributed by atoms with Crippen molar-refractivity contribution in [2.24, 2.45) is 11.7 Å². The molecule has 2 rings (SSSR count). The molecule has 3 nitrogen and oxygen atoms in total. The van der Waals surface area contributed by atoms with Crippen LogP contribution in [0.5, 0.6) is 0 Å². The van der Waals surface area contributed by atoms with Crippen LogP contribution in [-0.4, -0.2) is 11.1 Å². The minimum atomic E-state index is 0.0762. The molecular weight excluding hydrogens is 200 g/mol. The molecule has 2 aromatic rings. The number of rotatable bonds is 3. The van der Waals surface area contributed by atoms with Gasteiger partial charge in [0, 0.05) is 24.2 Å². The van der Waals surface area contributed by atoms with Crippen molar-refractivity contribution in [2.45, 2.75) is 13.5 Å². The second-order valence-corrected chi connectivity index (χ2v) is 4.19. The molecule has 0 aliphatic rings. The third-order valence-corrected chi connectivity index (χ3v) is 2.80. The van der Waals surface area contributed by atoms with Gasteiger partial charge in [0.25, 0.3) is 0 Å². The van der Waals surface area contributed by atoms with Crippen LogP contribution in [0, 0.1) is 5.92 Å². The summed E-state index contributed by atoms with van der Waals surface area (Å²) in [6.45, 7) is 3.60. The van der Waals surface area contributed by atoms with Gasteiger partial charge in [-0.15, -0.1) is 0 Å². The Balaban J connectivity index is 2.54. The lowest BCUT2D eigenvalue weighted by atomic mass is 10.1. The van der Waals surface area contributed by atoms with Crippen molar-refractivity contribution in [1.82, 2.24) is 4.57 Å². The SMILES string of the molecule is CC(CN)Cn1ccc(=O)c2ccccc21. The van der Waals surface area contributed by atoms with Gasteiger partial charge in [-0.25, -0.2) is 0 Å². The molecule has 1 atom stereocenters. The molecule has 1 heterocycles. The van der Waals surface area contributed by atoms with Gasteiger partial charge in [0.1, 0.15) is 0 Å². The van der Waals surface area contributed by atoms with Crippen LogP contribution in [0.1, 0.15) is 6.92 Å². The molecule has 0 aliphatic heterocycles. The van der Waals surface area contributed by atoms with Gasteiger partial charge in [-0.2, -0.15) is 0 Å². The summed E-state index contributed by atoms with van der Waals surface area (Å²) in [4.78, 5) is 11.6. The Kier molecular flexibility index (Phi) is 3.06. The van der Waals surface area contributed by atoms with Gasteiger partial charge in [0.2, 0.25) is 0 Å². The van der Waals surface area contributed by atoms with E-state index >= 15 is 0 Å². The van der Waals surface area contributed by atoms with E-state index in [1.807, 2.05) is 30.5 Å². The van der Waals surface area contributed by atoms with Crippen LogP contribution in [0.2, 0.25) is 0 Å². The molecule has 0 saturated carbocycles. The smallest absolute Gasteiger partial charge is 0.189 e. The first kappa shape index (κ1) is 10.9. The van der Waals surface area contributed by atoms with E-state index in [4.69, 9.17) is 5.73 Å². The number of benzene rings is 1. The van der Waals surface area contributed by atoms with Crippen LogP contribution < -0.4 is 11.2 Å². The first-order valence-electron chi connectivity index (χ1n) is 5.50. The number of pyridine rings is 1. The minimum absolute atomic E-state index is 0.0762. The maximum Gasteiger partial charge on any atom is 0.189 e. The van der Waals surface area contributed by atoms with Crippen molar-refractivity contribution in [3.05, 3.63) is 46.8 Å². The molecular formula is C13H16N2O. The lowest BCUT2D eigenvalue weighted by Crippen LogP contribution is -2.18. The van der Waals surface area contributed by atoms with E-state index < -0.39 is 0 Å². The number of nitrogens with zero attached hydrogens (tertiary/aromatic N) is 1. The van der Waals surface area contributed by atoms with Gasteiger partial charge < -0.3 is 10.3 Å². The lowest BCUT2D eigenvalue weighted by molar-refractivity contribution is 0.500. The molecule has 84 valence electrons. The molecule has 2 N–H and O–H groups in total. The Bertz CT molecular complexity index is 545. The molecule has 0 saturated heterocycles. The zero-order chi connectivity index (χ0) is 11.5. The zero-order valence-corrected chi connectivity index (χ0v) is 9.39. The zero-order valence-electron chi connectivity index (χ0n) is 9.39. The quantitative estimate of drug-likeness (QED) is 0.847. The van der Waals surface area contributed by atoms with Gasteiger partial charge >= 0.3 is 0 Å². The number of aromatic nitrogens is 1. The molecule has 3 heteroatoms. The summed E-state index contributed by atoms with van der Waals surface area (Å²) in [7, 11) is 0. The van der Waals surface area contributed by atoms with Gasteiger partial charge in [-0.05, 0) is 24.6 Å². The molecule has 0 spiro atoms. The summed E-state index contributed by atoms with van der Waals surface area (Å²) in [5.74, 6) is 0.408. The normalized spacial score (nSPS) is 12.9. The summed E-state index contributed by atoms with van der Waals surface area (Å²) in [6, 6.07) is 9.29. The summed E-state index contributed by atoms with van der Waals surface area (Å²) in [5, 5.41) is 0.772. The van der Waals surface area contributed by atoms with Crippen LogP contribution in [0.15, 0.2) is 41.3 Å². The Labute approximate surface area is 94.5 Å². The highest BCUT2D eigenvalue weighted by molar-refractivity contribution is 5.78. The van der Waals surface area contributed by atoms with Crippen LogP contribution in [0.3, 0.4) is 0 Å². The largest absolute Gasteiger partial charge is 0.347 e. The van der Waals surface area contributed by atoms with Crippen molar-refractivity contribution in [3.63, 3.8) is 0 Å². The van der Waals surface area contributed by atoms with Crippen molar-refractivity contribution >= 4 is 10.9 Å². The van der Waals surface area contributed by atoms with E-state index in [-0.39, 0.29) is 5.43 Å². The van der Waals surface area contributed by atoms with E-state index in [2.05, 4.69) is 11.5 Å². The summed E-state index contributed by atoms with van der Waals surface area (Å²) in [5.41, 5.74) is 6.68. The molecule has 1 aromatic carbocycles. The highest BCUT2D eigenvalue weighted by Crippen LogP contribution is 2.11. The first-order chi connectivity index (χ1) is 7.72. The van der Waals surface area contributed by atoms with Crippen LogP contribution in [-0.2, 0) is 6.54 Å². The van der Waals surface area contributed by atoms with Crippen LogP contribution in [0.4, 0.5) is 0 Å². The number of hydrogen-bond donors (Lipinski definition) is 1.